The van der Waals surface area contributed by atoms with Crippen molar-refractivity contribution in [3.05, 3.63) is 41.0 Å². The van der Waals surface area contributed by atoms with Crippen LogP contribution in [-0.2, 0) is 6.42 Å². The SMILES string of the molecule is CC1=C(C(C)NC(=O)NC2CCCC3(CCCC3)C2)Cc2ccccc21. The van der Waals surface area contributed by atoms with Crippen molar-refractivity contribution < 1.29 is 4.79 Å². The molecule has 2 amide bonds. The molecule has 0 bridgehead atoms. The second-order valence-electron chi connectivity index (χ2n) is 8.82. The normalized spacial score (nSPS) is 25.2. The lowest BCUT2D eigenvalue weighted by Gasteiger charge is -2.38. The second-order valence-corrected chi connectivity index (χ2v) is 8.82. The maximum absolute atomic E-state index is 12.6. The molecule has 3 heteroatoms. The van der Waals surface area contributed by atoms with E-state index in [2.05, 4.69) is 48.7 Å². The number of hydrogen-bond donors (Lipinski definition) is 2. The van der Waals surface area contributed by atoms with E-state index < -0.39 is 0 Å². The van der Waals surface area contributed by atoms with Gasteiger partial charge in [-0.1, -0.05) is 43.5 Å². The first-order valence-corrected chi connectivity index (χ1v) is 10.4. The van der Waals surface area contributed by atoms with Crippen molar-refractivity contribution in [1.82, 2.24) is 10.6 Å². The van der Waals surface area contributed by atoms with Gasteiger partial charge in [-0.2, -0.15) is 0 Å². The minimum Gasteiger partial charge on any atom is -0.335 e. The van der Waals surface area contributed by atoms with Crippen LogP contribution in [0.4, 0.5) is 4.79 Å². The first-order chi connectivity index (χ1) is 12.6. The fourth-order valence-electron chi connectivity index (χ4n) is 5.69. The molecular formula is C23H32N2O. The molecule has 0 saturated heterocycles. The standard InChI is InChI=1S/C23H32N2O/c1-16-20-10-4-3-8-18(20)14-21(16)17(2)24-22(26)25-19-9-7-13-23(15-19)11-5-6-12-23/h3-4,8,10,17,19H,5-7,9,11-15H2,1-2H3,(H2,24,25,26). The molecular weight excluding hydrogens is 320 g/mol. The van der Waals surface area contributed by atoms with Crippen molar-refractivity contribution in [1.29, 1.82) is 0 Å². The van der Waals surface area contributed by atoms with Crippen LogP contribution in [0.3, 0.4) is 0 Å². The zero-order valence-electron chi connectivity index (χ0n) is 16.2. The Bertz CT molecular complexity index is 715. The predicted molar refractivity (Wildman–Crippen MR) is 107 cm³/mol. The summed E-state index contributed by atoms with van der Waals surface area (Å²) in [7, 11) is 0. The number of carbonyl (C=O) groups is 1. The molecule has 2 atom stereocenters. The fraction of sp³-hybridized carbons (Fsp3) is 0.609. The summed E-state index contributed by atoms with van der Waals surface area (Å²) < 4.78 is 0. The van der Waals surface area contributed by atoms with Gasteiger partial charge in [-0.05, 0) is 80.1 Å². The molecule has 0 heterocycles. The zero-order valence-corrected chi connectivity index (χ0v) is 16.2. The van der Waals surface area contributed by atoms with Crippen LogP contribution in [0.1, 0.15) is 76.3 Å². The summed E-state index contributed by atoms with van der Waals surface area (Å²) in [6.45, 7) is 4.30. The molecule has 1 aromatic rings. The van der Waals surface area contributed by atoms with Gasteiger partial charge in [0.2, 0.25) is 0 Å². The summed E-state index contributed by atoms with van der Waals surface area (Å²) in [5.41, 5.74) is 5.93. The maximum atomic E-state index is 12.6. The van der Waals surface area contributed by atoms with Crippen LogP contribution in [0, 0.1) is 5.41 Å². The number of fused-ring (bicyclic) bond motifs is 1. The minimum atomic E-state index is 0.00815. The third-order valence-electron chi connectivity index (χ3n) is 7.09. The molecule has 0 aromatic heterocycles. The lowest BCUT2D eigenvalue weighted by Crippen LogP contribution is -2.48. The number of rotatable bonds is 3. The lowest BCUT2D eigenvalue weighted by molar-refractivity contribution is 0.160. The second kappa shape index (κ2) is 7.09. The predicted octanol–water partition coefficient (Wildman–Crippen LogP) is 5.21. The highest BCUT2D eigenvalue weighted by molar-refractivity contribution is 5.79. The summed E-state index contributed by atoms with van der Waals surface area (Å²) in [6, 6.07) is 9.01. The van der Waals surface area contributed by atoms with Crippen molar-refractivity contribution in [3.8, 4) is 0 Å². The minimum absolute atomic E-state index is 0.00815. The summed E-state index contributed by atoms with van der Waals surface area (Å²) in [4.78, 5) is 12.6. The van der Waals surface area contributed by atoms with E-state index in [4.69, 9.17) is 0 Å². The summed E-state index contributed by atoms with van der Waals surface area (Å²) >= 11 is 0. The Hall–Kier alpha value is -1.77. The summed E-state index contributed by atoms with van der Waals surface area (Å²) in [5, 5.41) is 6.49. The van der Waals surface area contributed by atoms with E-state index in [0.717, 1.165) is 12.8 Å². The summed E-state index contributed by atoms with van der Waals surface area (Å²) in [5.74, 6) is 0. The van der Waals surface area contributed by atoms with Crippen LogP contribution >= 0.6 is 0 Å². The highest BCUT2D eigenvalue weighted by Crippen LogP contribution is 2.48. The molecule has 3 aliphatic rings. The van der Waals surface area contributed by atoms with Gasteiger partial charge in [-0.3, -0.25) is 0 Å². The Morgan fingerprint density at radius 2 is 1.88 bits per heavy atom. The monoisotopic (exact) mass is 352 g/mol. The number of amides is 2. The average molecular weight is 353 g/mol. The Morgan fingerprint density at radius 3 is 2.65 bits per heavy atom. The molecule has 2 N–H and O–H groups in total. The molecule has 3 aliphatic carbocycles. The van der Waals surface area contributed by atoms with Crippen molar-refractivity contribution in [3.63, 3.8) is 0 Å². The highest BCUT2D eigenvalue weighted by atomic mass is 16.2. The smallest absolute Gasteiger partial charge is 0.315 e. The molecule has 2 fully saturated rings. The van der Waals surface area contributed by atoms with Crippen LogP contribution in [0.5, 0.6) is 0 Å². The van der Waals surface area contributed by atoms with E-state index in [1.54, 1.807) is 0 Å². The van der Waals surface area contributed by atoms with Gasteiger partial charge in [0.15, 0.2) is 0 Å². The number of benzene rings is 1. The molecule has 140 valence electrons. The Morgan fingerprint density at radius 1 is 1.15 bits per heavy atom. The van der Waals surface area contributed by atoms with Gasteiger partial charge in [0.25, 0.3) is 0 Å². The number of carbonyl (C=O) groups excluding carboxylic acids is 1. The molecule has 1 aromatic carbocycles. The van der Waals surface area contributed by atoms with Crippen LogP contribution in [0.15, 0.2) is 29.8 Å². The Balaban J connectivity index is 1.34. The van der Waals surface area contributed by atoms with Gasteiger partial charge in [-0.25, -0.2) is 4.79 Å². The van der Waals surface area contributed by atoms with Crippen LogP contribution in [0.2, 0.25) is 0 Å². The van der Waals surface area contributed by atoms with Gasteiger partial charge in [0.1, 0.15) is 0 Å². The number of nitrogens with one attached hydrogen (secondary N) is 2. The first-order valence-electron chi connectivity index (χ1n) is 10.4. The van der Waals surface area contributed by atoms with E-state index in [1.165, 1.54) is 67.2 Å². The number of allylic oxidation sites excluding steroid dienone is 1. The molecule has 2 unspecified atom stereocenters. The van der Waals surface area contributed by atoms with Gasteiger partial charge in [0, 0.05) is 12.1 Å². The quantitative estimate of drug-likeness (QED) is 0.770. The maximum Gasteiger partial charge on any atom is 0.315 e. The largest absolute Gasteiger partial charge is 0.335 e. The molecule has 3 nitrogen and oxygen atoms in total. The number of urea groups is 1. The highest BCUT2D eigenvalue weighted by Gasteiger charge is 2.39. The fourth-order valence-corrected chi connectivity index (χ4v) is 5.69. The topological polar surface area (TPSA) is 41.1 Å². The van der Waals surface area contributed by atoms with Crippen molar-refractivity contribution >= 4 is 11.6 Å². The van der Waals surface area contributed by atoms with E-state index in [0.29, 0.717) is 11.5 Å². The van der Waals surface area contributed by atoms with E-state index >= 15 is 0 Å². The number of hydrogen-bond acceptors (Lipinski definition) is 1. The van der Waals surface area contributed by atoms with Gasteiger partial charge in [-0.15, -0.1) is 0 Å². The van der Waals surface area contributed by atoms with Crippen LogP contribution in [-0.4, -0.2) is 18.1 Å². The lowest BCUT2D eigenvalue weighted by atomic mass is 9.71. The van der Waals surface area contributed by atoms with Crippen molar-refractivity contribution in [2.24, 2.45) is 5.41 Å². The average Bonchev–Trinajstić information content (AvgIpc) is 3.20. The molecule has 2 saturated carbocycles. The van der Waals surface area contributed by atoms with E-state index in [-0.39, 0.29) is 12.1 Å². The Kier molecular flexibility index (Phi) is 4.81. The van der Waals surface area contributed by atoms with E-state index in [1.807, 2.05) is 0 Å². The zero-order chi connectivity index (χ0) is 18.1. The van der Waals surface area contributed by atoms with Crippen LogP contribution < -0.4 is 10.6 Å². The third kappa shape index (κ3) is 3.41. The molecule has 0 aliphatic heterocycles. The third-order valence-corrected chi connectivity index (χ3v) is 7.09. The molecule has 1 spiro atoms. The van der Waals surface area contributed by atoms with Crippen molar-refractivity contribution in [2.75, 3.05) is 0 Å². The molecule has 0 radical (unpaired) electrons. The van der Waals surface area contributed by atoms with Gasteiger partial charge < -0.3 is 10.6 Å². The van der Waals surface area contributed by atoms with Gasteiger partial charge >= 0.3 is 6.03 Å². The molecule has 26 heavy (non-hydrogen) atoms. The first kappa shape index (κ1) is 17.6. The van der Waals surface area contributed by atoms with Gasteiger partial charge in [0.05, 0.1) is 0 Å². The Labute approximate surface area is 157 Å². The molecule has 4 rings (SSSR count). The van der Waals surface area contributed by atoms with Crippen LogP contribution in [0.25, 0.3) is 5.57 Å². The van der Waals surface area contributed by atoms with Crippen molar-refractivity contribution in [2.45, 2.75) is 83.7 Å². The summed E-state index contributed by atoms with van der Waals surface area (Å²) in [6.07, 6.45) is 11.4. The van der Waals surface area contributed by atoms with E-state index in [9.17, 15) is 4.79 Å².